The van der Waals surface area contributed by atoms with Gasteiger partial charge >= 0.3 is 0 Å². The maximum Gasteiger partial charge on any atom is 0.262 e. The van der Waals surface area contributed by atoms with Gasteiger partial charge in [-0.25, -0.2) is 4.98 Å². The lowest BCUT2D eigenvalue weighted by atomic mass is 9.89. The second kappa shape index (κ2) is 7.14. The summed E-state index contributed by atoms with van der Waals surface area (Å²) < 4.78 is 1.52. The molecule has 0 spiro atoms. The summed E-state index contributed by atoms with van der Waals surface area (Å²) in [5, 5.41) is 0.761. The summed E-state index contributed by atoms with van der Waals surface area (Å²) in [7, 11) is 0. The first kappa shape index (κ1) is 17.7. The number of fused-ring (bicyclic) bond motifs is 3. The molecule has 2 aliphatic carbocycles. The first-order valence-electron chi connectivity index (χ1n) is 9.84. The molecule has 0 aromatic carbocycles. The van der Waals surface area contributed by atoms with Crippen molar-refractivity contribution in [2.75, 3.05) is 13.1 Å². The van der Waals surface area contributed by atoms with E-state index < -0.39 is 0 Å². The number of amides is 1. The van der Waals surface area contributed by atoms with Gasteiger partial charge in [0, 0.05) is 18.0 Å². The van der Waals surface area contributed by atoms with Crippen LogP contribution < -0.4 is 5.56 Å². The van der Waals surface area contributed by atoms with E-state index in [4.69, 9.17) is 0 Å². The Hall–Kier alpha value is -1.69. The highest BCUT2D eigenvalue weighted by atomic mass is 32.1. The summed E-state index contributed by atoms with van der Waals surface area (Å²) >= 11 is 1.66. The first-order valence-corrected chi connectivity index (χ1v) is 10.7. The van der Waals surface area contributed by atoms with E-state index in [1.807, 2.05) is 4.90 Å². The molecule has 140 valence electrons. The number of thiophene rings is 1. The summed E-state index contributed by atoms with van der Waals surface area (Å²) in [6.07, 6.45) is 8.07. The third kappa shape index (κ3) is 3.43. The summed E-state index contributed by atoms with van der Waals surface area (Å²) in [6, 6.07) is 0. The normalized spacial score (nSPS) is 19.5. The van der Waals surface area contributed by atoms with Gasteiger partial charge < -0.3 is 4.90 Å². The fourth-order valence-electron chi connectivity index (χ4n) is 3.92. The van der Waals surface area contributed by atoms with Crippen LogP contribution in [0, 0.1) is 11.8 Å². The highest BCUT2D eigenvalue weighted by molar-refractivity contribution is 7.18. The Bertz CT molecular complexity index is 881. The van der Waals surface area contributed by atoms with Crippen molar-refractivity contribution in [2.45, 2.75) is 58.9 Å². The van der Waals surface area contributed by atoms with E-state index in [-0.39, 0.29) is 18.0 Å². The second-order valence-electron chi connectivity index (χ2n) is 7.99. The van der Waals surface area contributed by atoms with Crippen molar-refractivity contribution in [2.24, 2.45) is 11.8 Å². The third-order valence-corrected chi connectivity index (χ3v) is 6.77. The van der Waals surface area contributed by atoms with Gasteiger partial charge in [0.1, 0.15) is 11.4 Å². The van der Waals surface area contributed by atoms with E-state index in [0.717, 1.165) is 49.0 Å². The molecule has 26 heavy (non-hydrogen) atoms. The number of hydrogen-bond donors (Lipinski definition) is 0. The largest absolute Gasteiger partial charge is 0.341 e. The van der Waals surface area contributed by atoms with Crippen LogP contribution in [0.4, 0.5) is 0 Å². The molecule has 2 aliphatic rings. The lowest BCUT2D eigenvalue weighted by Gasteiger charge is -2.22. The van der Waals surface area contributed by atoms with Gasteiger partial charge in [0.25, 0.3) is 5.56 Å². The van der Waals surface area contributed by atoms with Crippen LogP contribution in [0.15, 0.2) is 11.1 Å². The molecule has 2 aromatic rings. The Morgan fingerprint density at radius 3 is 2.92 bits per heavy atom. The zero-order chi connectivity index (χ0) is 18.3. The molecule has 5 nitrogen and oxygen atoms in total. The molecule has 2 aromatic heterocycles. The zero-order valence-electron chi connectivity index (χ0n) is 15.7. The van der Waals surface area contributed by atoms with Crippen LogP contribution in [0.5, 0.6) is 0 Å². The zero-order valence-corrected chi connectivity index (χ0v) is 16.5. The van der Waals surface area contributed by atoms with E-state index in [0.29, 0.717) is 11.8 Å². The Morgan fingerprint density at radius 2 is 2.19 bits per heavy atom. The van der Waals surface area contributed by atoms with Crippen LogP contribution in [-0.4, -0.2) is 33.4 Å². The average Bonchev–Trinajstić information content (AvgIpc) is 3.35. The van der Waals surface area contributed by atoms with E-state index in [1.165, 1.54) is 27.8 Å². The molecule has 2 heterocycles. The van der Waals surface area contributed by atoms with Crippen molar-refractivity contribution in [3.8, 4) is 0 Å². The van der Waals surface area contributed by atoms with Gasteiger partial charge in [0.05, 0.1) is 11.7 Å². The Labute approximate surface area is 158 Å². The number of aromatic nitrogens is 2. The monoisotopic (exact) mass is 373 g/mol. The van der Waals surface area contributed by atoms with E-state index in [1.54, 1.807) is 17.7 Å². The molecule has 1 atom stereocenters. The van der Waals surface area contributed by atoms with Crippen molar-refractivity contribution in [3.63, 3.8) is 0 Å². The quantitative estimate of drug-likeness (QED) is 0.781. The molecule has 1 fully saturated rings. The van der Waals surface area contributed by atoms with Gasteiger partial charge in [0.15, 0.2) is 0 Å². The van der Waals surface area contributed by atoms with E-state index in [9.17, 15) is 9.59 Å². The minimum Gasteiger partial charge on any atom is -0.341 e. The molecule has 6 heteroatoms. The maximum atomic E-state index is 13.1. The lowest BCUT2D eigenvalue weighted by molar-refractivity contribution is -0.132. The van der Waals surface area contributed by atoms with Crippen molar-refractivity contribution < 1.29 is 4.79 Å². The topological polar surface area (TPSA) is 55.2 Å². The molecule has 4 rings (SSSR count). The molecule has 0 aliphatic heterocycles. The highest BCUT2D eigenvalue weighted by Crippen LogP contribution is 2.35. The van der Waals surface area contributed by atoms with Gasteiger partial charge in [0.2, 0.25) is 5.91 Å². The number of rotatable bonds is 6. The predicted molar refractivity (Wildman–Crippen MR) is 105 cm³/mol. The standard InChI is InChI=1S/C20H27N3O2S/c1-3-8-22(10-14-5-6-14)17(24)11-23-12-21-19-18(20(23)25)15-7-4-13(2)9-16(15)26-19/h12-14H,3-11H2,1-2H3. The highest BCUT2D eigenvalue weighted by Gasteiger charge is 2.27. The minimum atomic E-state index is -0.0433. The average molecular weight is 374 g/mol. The molecule has 0 bridgehead atoms. The number of aryl methyl sites for hydroxylation is 1. The Kier molecular flexibility index (Phi) is 4.86. The summed E-state index contributed by atoms with van der Waals surface area (Å²) in [5.41, 5.74) is 1.14. The van der Waals surface area contributed by atoms with Crippen molar-refractivity contribution in [1.29, 1.82) is 0 Å². The SMILES string of the molecule is CCCN(CC1CC1)C(=O)Cn1cnc2sc3c(c2c1=O)CCC(C)C3. The summed E-state index contributed by atoms with van der Waals surface area (Å²) in [4.78, 5) is 34.4. The molecule has 1 amide bonds. The van der Waals surface area contributed by atoms with Crippen molar-refractivity contribution in [1.82, 2.24) is 14.5 Å². The minimum absolute atomic E-state index is 0.0414. The Morgan fingerprint density at radius 1 is 1.38 bits per heavy atom. The molecule has 0 radical (unpaired) electrons. The fraction of sp³-hybridized carbons (Fsp3) is 0.650. The van der Waals surface area contributed by atoms with Crippen LogP contribution >= 0.6 is 11.3 Å². The third-order valence-electron chi connectivity index (χ3n) is 5.61. The van der Waals surface area contributed by atoms with E-state index >= 15 is 0 Å². The maximum absolute atomic E-state index is 13.1. The molecule has 1 saturated carbocycles. The molecular formula is C20H27N3O2S. The molecule has 0 saturated heterocycles. The van der Waals surface area contributed by atoms with Crippen LogP contribution in [0.2, 0.25) is 0 Å². The number of nitrogens with zero attached hydrogens (tertiary/aromatic N) is 3. The summed E-state index contributed by atoms with van der Waals surface area (Å²) in [5.74, 6) is 1.37. The van der Waals surface area contributed by atoms with Gasteiger partial charge in [-0.15, -0.1) is 11.3 Å². The second-order valence-corrected chi connectivity index (χ2v) is 9.08. The van der Waals surface area contributed by atoms with Crippen LogP contribution in [0.25, 0.3) is 10.2 Å². The van der Waals surface area contributed by atoms with Gasteiger partial charge in [-0.3, -0.25) is 14.2 Å². The number of carbonyl (C=O) groups excluding carboxylic acids is 1. The molecule has 1 unspecified atom stereocenters. The van der Waals surface area contributed by atoms with Crippen molar-refractivity contribution in [3.05, 3.63) is 27.1 Å². The van der Waals surface area contributed by atoms with Crippen LogP contribution in [0.3, 0.4) is 0 Å². The van der Waals surface area contributed by atoms with Gasteiger partial charge in [-0.05, 0) is 55.9 Å². The van der Waals surface area contributed by atoms with E-state index in [2.05, 4.69) is 18.8 Å². The van der Waals surface area contributed by atoms with Crippen LogP contribution in [-0.2, 0) is 24.2 Å². The van der Waals surface area contributed by atoms with Crippen molar-refractivity contribution >= 4 is 27.5 Å². The van der Waals surface area contributed by atoms with Gasteiger partial charge in [-0.1, -0.05) is 13.8 Å². The number of hydrogen-bond acceptors (Lipinski definition) is 4. The first-order chi connectivity index (χ1) is 12.6. The summed E-state index contributed by atoms with van der Waals surface area (Å²) in [6.45, 7) is 6.06. The lowest BCUT2D eigenvalue weighted by Crippen LogP contribution is -2.38. The molecular weight excluding hydrogens is 346 g/mol. The predicted octanol–water partition coefficient (Wildman–Crippen LogP) is 3.23. The van der Waals surface area contributed by atoms with Crippen LogP contribution in [0.1, 0.15) is 50.0 Å². The van der Waals surface area contributed by atoms with Gasteiger partial charge in [-0.2, -0.15) is 0 Å². The number of carbonyl (C=O) groups is 1. The fourth-order valence-corrected chi connectivity index (χ4v) is 5.27. The smallest absolute Gasteiger partial charge is 0.262 e. The Balaban J connectivity index is 1.61. The molecule has 0 N–H and O–H groups in total.